The average molecular weight is 207 g/mol. The number of carbonyl (C=O) groups is 2. The summed E-state index contributed by atoms with van der Waals surface area (Å²) in [5, 5.41) is 11.5. The first-order valence-corrected chi connectivity index (χ1v) is 4.70. The van der Waals surface area contributed by atoms with E-state index in [1.54, 1.807) is 24.3 Å². The summed E-state index contributed by atoms with van der Waals surface area (Å²) in [6.45, 7) is 0.370. The second kappa shape index (κ2) is 5.80. The number of carboxylic acid groups (broad SMARTS) is 1. The molecule has 0 fully saturated rings. The first kappa shape index (κ1) is 11.2. The van der Waals surface area contributed by atoms with Crippen LogP contribution in [0.1, 0.15) is 17.9 Å². The van der Waals surface area contributed by atoms with Gasteiger partial charge in [0.1, 0.15) is 0 Å². The Bertz CT molecular complexity index is 324. The molecule has 0 aliphatic carbocycles. The Balaban J connectivity index is 2.66. The normalized spacial score (nSPS) is 11.7. The van der Waals surface area contributed by atoms with Crippen LogP contribution in [0.25, 0.3) is 0 Å². The summed E-state index contributed by atoms with van der Waals surface area (Å²) in [5.74, 6) is -1.42. The highest BCUT2D eigenvalue weighted by Crippen LogP contribution is 2.18. The lowest BCUT2D eigenvalue weighted by Crippen LogP contribution is -2.20. The molecule has 1 aromatic rings. The first-order valence-electron chi connectivity index (χ1n) is 4.70. The van der Waals surface area contributed by atoms with Gasteiger partial charge in [-0.2, -0.15) is 0 Å². The zero-order valence-electron chi connectivity index (χ0n) is 8.22. The smallest absolute Gasteiger partial charge is 0.311 e. The van der Waals surface area contributed by atoms with Gasteiger partial charge in [0.2, 0.25) is 6.41 Å². The molecule has 0 aliphatic heterocycles. The number of rotatable bonds is 6. The zero-order valence-corrected chi connectivity index (χ0v) is 8.22. The van der Waals surface area contributed by atoms with Crippen LogP contribution < -0.4 is 5.32 Å². The van der Waals surface area contributed by atoms with E-state index in [1.807, 2.05) is 6.07 Å². The van der Waals surface area contributed by atoms with Crippen molar-refractivity contribution in [2.45, 2.75) is 12.3 Å². The number of carboxylic acids is 1. The number of nitrogens with one attached hydrogen (secondary N) is 1. The van der Waals surface area contributed by atoms with Crippen LogP contribution in [0.3, 0.4) is 0 Å². The van der Waals surface area contributed by atoms with Gasteiger partial charge in [0, 0.05) is 6.54 Å². The Morgan fingerprint density at radius 1 is 1.40 bits per heavy atom. The minimum Gasteiger partial charge on any atom is -0.481 e. The molecule has 0 saturated heterocycles. The molecule has 1 rings (SSSR count). The molecule has 0 aromatic heterocycles. The third-order valence-corrected chi connectivity index (χ3v) is 2.16. The standard InChI is InChI=1S/C11H13NO3/c13-8-12-7-6-10(11(14)15)9-4-2-1-3-5-9/h1-5,8,10H,6-7H2,(H,12,13)(H,14,15). The van der Waals surface area contributed by atoms with Crippen LogP contribution in [0.4, 0.5) is 0 Å². The number of carbonyl (C=O) groups excluding carboxylic acids is 1. The van der Waals surface area contributed by atoms with E-state index in [4.69, 9.17) is 5.11 Å². The number of hydrogen-bond donors (Lipinski definition) is 2. The van der Waals surface area contributed by atoms with Crippen molar-refractivity contribution in [2.24, 2.45) is 0 Å². The van der Waals surface area contributed by atoms with Crippen molar-refractivity contribution in [3.63, 3.8) is 0 Å². The SMILES string of the molecule is O=CNCCC(C(=O)O)c1ccccc1. The van der Waals surface area contributed by atoms with Crippen molar-refractivity contribution in [3.8, 4) is 0 Å². The van der Waals surface area contributed by atoms with Crippen LogP contribution in [0, 0.1) is 0 Å². The summed E-state index contributed by atoms with van der Waals surface area (Å²) in [6.07, 6.45) is 0.974. The summed E-state index contributed by atoms with van der Waals surface area (Å²) in [6, 6.07) is 9.00. The summed E-state index contributed by atoms with van der Waals surface area (Å²) in [4.78, 5) is 21.0. The molecular formula is C11H13NO3. The van der Waals surface area contributed by atoms with Crippen LogP contribution in [0.5, 0.6) is 0 Å². The van der Waals surface area contributed by atoms with Crippen molar-refractivity contribution in [1.82, 2.24) is 5.32 Å². The molecule has 0 spiro atoms. The van der Waals surface area contributed by atoms with Crippen LogP contribution in [0.15, 0.2) is 30.3 Å². The van der Waals surface area contributed by atoms with E-state index >= 15 is 0 Å². The van der Waals surface area contributed by atoms with Crippen molar-refractivity contribution >= 4 is 12.4 Å². The van der Waals surface area contributed by atoms with E-state index in [0.29, 0.717) is 19.4 Å². The molecule has 0 aliphatic rings. The third kappa shape index (κ3) is 3.42. The van der Waals surface area contributed by atoms with Crippen molar-refractivity contribution in [1.29, 1.82) is 0 Å². The molecule has 1 atom stereocenters. The molecule has 15 heavy (non-hydrogen) atoms. The van der Waals surface area contributed by atoms with Crippen molar-refractivity contribution in [3.05, 3.63) is 35.9 Å². The minimum absolute atomic E-state index is 0.370. The van der Waals surface area contributed by atoms with Crippen molar-refractivity contribution in [2.75, 3.05) is 6.54 Å². The van der Waals surface area contributed by atoms with E-state index < -0.39 is 11.9 Å². The largest absolute Gasteiger partial charge is 0.481 e. The molecule has 1 aromatic carbocycles. The second-order valence-corrected chi connectivity index (χ2v) is 3.16. The minimum atomic E-state index is -0.867. The number of aliphatic carboxylic acids is 1. The average Bonchev–Trinajstić information content (AvgIpc) is 2.25. The highest BCUT2D eigenvalue weighted by Gasteiger charge is 2.18. The van der Waals surface area contributed by atoms with Gasteiger partial charge < -0.3 is 10.4 Å². The number of benzene rings is 1. The molecular weight excluding hydrogens is 194 g/mol. The lowest BCUT2D eigenvalue weighted by molar-refractivity contribution is -0.139. The van der Waals surface area contributed by atoms with Gasteiger partial charge in [-0.3, -0.25) is 9.59 Å². The summed E-state index contributed by atoms with van der Waals surface area (Å²) >= 11 is 0. The monoisotopic (exact) mass is 207 g/mol. The van der Waals surface area contributed by atoms with Crippen LogP contribution in [0.2, 0.25) is 0 Å². The molecule has 0 bridgehead atoms. The quantitative estimate of drug-likeness (QED) is 0.540. The fourth-order valence-electron chi connectivity index (χ4n) is 1.40. The fraction of sp³-hybridized carbons (Fsp3) is 0.273. The predicted octanol–water partition coefficient (Wildman–Crippen LogP) is 0.991. The van der Waals surface area contributed by atoms with E-state index in [-0.39, 0.29) is 0 Å². The number of hydrogen-bond acceptors (Lipinski definition) is 2. The Kier molecular flexibility index (Phi) is 4.34. The van der Waals surface area contributed by atoms with Gasteiger partial charge in [0.05, 0.1) is 5.92 Å². The van der Waals surface area contributed by atoms with E-state index in [1.165, 1.54) is 0 Å². The Hall–Kier alpha value is -1.84. The zero-order chi connectivity index (χ0) is 11.1. The molecule has 0 saturated carbocycles. The number of amides is 1. The molecule has 1 unspecified atom stereocenters. The van der Waals surface area contributed by atoms with Gasteiger partial charge >= 0.3 is 5.97 Å². The van der Waals surface area contributed by atoms with Gasteiger partial charge in [-0.05, 0) is 12.0 Å². The van der Waals surface area contributed by atoms with E-state index in [2.05, 4.69) is 5.32 Å². The molecule has 0 heterocycles. The Morgan fingerprint density at radius 3 is 2.60 bits per heavy atom. The van der Waals surface area contributed by atoms with Gasteiger partial charge in [0.25, 0.3) is 0 Å². The molecule has 80 valence electrons. The summed E-state index contributed by atoms with van der Waals surface area (Å²) < 4.78 is 0. The second-order valence-electron chi connectivity index (χ2n) is 3.16. The van der Waals surface area contributed by atoms with Crippen LogP contribution >= 0.6 is 0 Å². The summed E-state index contributed by atoms with van der Waals surface area (Å²) in [5.41, 5.74) is 0.762. The van der Waals surface area contributed by atoms with Gasteiger partial charge in [-0.15, -0.1) is 0 Å². The Morgan fingerprint density at radius 2 is 2.07 bits per heavy atom. The first-order chi connectivity index (χ1) is 7.25. The maximum Gasteiger partial charge on any atom is 0.311 e. The van der Waals surface area contributed by atoms with Gasteiger partial charge in [-0.1, -0.05) is 30.3 Å². The lowest BCUT2D eigenvalue weighted by Gasteiger charge is -2.11. The van der Waals surface area contributed by atoms with Crippen LogP contribution in [-0.2, 0) is 9.59 Å². The molecule has 4 nitrogen and oxygen atoms in total. The maximum absolute atomic E-state index is 11.0. The highest BCUT2D eigenvalue weighted by atomic mass is 16.4. The van der Waals surface area contributed by atoms with Crippen molar-refractivity contribution < 1.29 is 14.7 Å². The fourth-order valence-corrected chi connectivity index (χ4v) is 1.40. The molecule has 0 radical (unpaired) electrons. The van der Waals surface area contributed by atoms with Gasteiger partial charge in [-0.25, -0.2) is 0 Å². The lowest BCUT2D eigenvalue weighted by atomic mass is 9.96. The predicted molar refractivity (Wildman–Crippen MR) is 55.5 cm³/mol. The molecule has 4 heteroatoms. The topological polar surface area (TPSA) is 66.4 Å². The van der Waals surface area contributed by atoms with E-state index in [9.17, 15) is 9.59 Å². The molecule has 2 N–H and O–H groups in total. The van der Waals surface area contributed by atoms with Crippen LogP contribution in [-0.4, -0.2) is 24.0 Å². The highest BCUT2D eigenvalue weighted by molar-refractivity contribution is 5.76. The van der Waals surface area contributed by atoms with Gasteiger partial charge in [0.15, 0.2) is 0 Å². The maximum atomic E-state index is 11.0. The third-order valence-electron chi connectivity index (χ3n) is 2.16. The van der Waals surface area contributed by atoms with E-state index in [0.717, 1.165) is 5.56 Å². The molecule has 1 amide bonds. The Labute approximate surface area is 87.9 Å². The summed E-state index contributed by atoms with van der Waals surface area (Å²) in [7, 11) is 0.